The number of benzene rings is 1. The van der Waals surface area contributed by atoms with E-state index in [1.807, 2.05) is 18.5 Å². The first kappa shape index (κ1) is 22.5. The zero-order chi connectivity index (χ0) is 20.1. The number of thiophene rings is 1. The standard InChI is InChI=1S/C22H26N6S.HI/c1-17-25-26-21(27(17)2)16-24-22(23-15-20-9-6-14-29-20)28-12-10-19(11-13-28)18-7-4-3-5-8-18;/h3-10,14H,11-13,15-16H2,1-2H3,(H,23,24);1H. The molecule has 3 aromatic rings. The van der Waals surface area contributed by atoms with Crippen molar-refractivity contribution in [2.24, 2.45) is 12.0 Å². The lowest BCUT2D eigenvalue weighted by molar-refractivity contribution is 0.438. The van der Waals surface area contributed by atoms with E-state index in [0.29, 0.717) is 6.54 Å². The Morgan fingerprint density at radius 3 is 2.63 bits per heavy atom. The maximum absolute atomic E-state index is 4.87. The van der Waals surface area contributed by atoms with E-state index < -0.39 is 0 Å². The Morgan fingerprint density at radius 1 is 1.17 bits per heavy atom. The number of aliphatic imine (C=N–C) groups is 1. The molecule has 1 aromatic carbocycles. The normalized spacial score (nSPS) is 14.3. The van der Waals surface area contributed by atoms with E-state index in [1.165, 1.54) is 16.0 Å². The van der Waals surface area contributed by atoms with Crippen molar-refractivity contribution in [3.63, 3.8) is 0 Å². The van der Waals surface area contributed by atoms with Crippen LogP contribution in [-0.4, -0.2) is 38.7 Å². The largest absolute Gasteiger partial charge is 0.351 e. The van der Waals surface area contributed by atoms with Crippen molar-refractivity contribution in [2.75, 3.05) is 13.1 Å². The third kappa shape index (κ3) is 5.48. The molecule has 1 N–H and O–H groups in total. The Kier molecular flexibility index (Phi) is 8.03. The summed E-state index contributed by atoms with van der Waals surface area (Å²) in [6, 6.07) is 14.8. The van der Waals surface area contributed by atoms with Crippen molar-refractivity contribution >= 4 is 46.8 Å². The first-order valence-corrected chi connectivity index (χ1v) is 10.7. The highest BCUT2D eigenvalue weighted by Gasteiger charge is 2.17. The molecule has 0 amide bonds. The number of guanidine groups is 1. The van der Waals surface area contributed by atoms with Crippen LogP contribution in [0.3, 0.4) is 0 Å². The topological polar surface area (TPSA) is 58.3 Å². The highest BCUT2D eigenvalue weighted by Crippen LogP contribution is 2.22. The van der Waals surface area contributed by atoms with Gasteiger partial charge in [0.15, 0.2) is 11.8 Å². The molecule has 158 valence electrons. The van der Waals surface area contributed by atoms with E-state index in [4.69, 9.17) is 4.99 Å². The summed E-state index contributed by atoms with van der Waals surface area (Å²) >= 11 is 1.76. The molecule has 0 unspecified atom stereocenters. The molecule has 1 aliphatic heterocycles. The summed E-state index contributed by atoms with van der Waals surface area (Å²) < 4.78 is 1.99. The van der Waals surface area contributed by atoms with Crippen LogP contribution in [0.25, 0.3) is 5.57 Å². The van der Waals surface area contributed by atoms with Crippen LogP contribution >= 0.6 is 35.3 Å². The third-order valence-electron chi connectivity index (χ3n) is 5.21. The number of rotatable bonds is 5. The van der Waals surface area contributed by atoms with Crippen molar-refractivity contribution < 1.29 is 0 Å². The molecule has 2 aromatic heterocycles. The minimum Gasteiger partial charge on any atom is -0.351 e. The molecule has 0 radical (unpaired) electrons. The second kappa shape index (κ2) is 10.7. The van der Waals surface area contributed by atoms with Crippen LogP contribution in [0.4, 0.5) is 0 Å². The number of aryl methyl sites for hydroxylation is 1. The number of nitrogens with zero attached hydrogens (tertiary/aromatic N) is 5. The molecular formula is C22H27IN6S. The van der Waals surface area contributed by atoms with Crippen LogP contribution in [0.15, 0.2) is 58.9 Å². The highest BCUT2D eigenvalue weighted by atomic mass is 127. The second-order valence-electron chi connectivity index (χ2n) is 7.09. The lowest BCUT2D eigenvalue weighted by Gasteiger charge is -2.30. The molecule has 3 heterocycles. The van der Waals surface area contributed by atoms with E-state index in [9.17, 15) is 0 Å². The van der Waals surface area contributed by atoms with Gasteiger partial charge in [0, 0.05) is 25.0 Å². The predicted molar refractivity (Wildman–Crippen MR) is 134 cm³/mol. The van der Waals surface area contributed by atoms with E-state index in [2.05, 4.69) is 74.3 Å². The molecule has 8 heteroatoms. The van der Waals surface area contributed by atoms with E-state index in [1.54, 1.807) is 11.3 Å². The van der Waals surface area contributed by atoms with Crippen LogP contribution in [0.2, 0.25) is 0 Å². The zero-order valence-electron chi connectivity index (χ0n) is 17.3. The number of hydrogen-bond donors (Lipinski definition) is 1. The smallest absolute Gasteiger partial charge is 0.194 e. The van der Waals surface area contributed by atoms with Gasteiger partial charge in [-0.15, -0.1) is 45.5 Å². The molecule has 0 fully saturated rings. The van der Waals surface area contributed by atoms with Crippen molar-refractivity contribution in [1.29, 1.82) is 0 Å². The zero-order valence-corrected chi connectivity index (χ0v) is 20.4. The van der Waals surface area contributed by atoms with Gasteiger partial charge in [-0.2, -0.15) is 0 Å². The van der Waals surface area contributed by atoms with Crippen molar-refractivity contribution in [3.05, 3.63) is 76.0 Å². The Bertz CT molecular complexity index is 994. The minimum absolute atomic E-state index is 0. The fourth-order valence-electron chi connectivity index (χ4n) is 3.36. The average Bonchev–Trinajstić information content (AvgIpc) is 3.40. The van der Waals surface area contributed by atoms with Crippen molar-refractivity contribution in [1.82, 2.24) is 25.0 Å². The van der Waals surface area contributed by atoms with Gasteiger partial charge in [0.05, 0.1) is 6.54 Å². The molecular weight excluding hydrogens is 507 g/mol. The maximum Gasteiger partial charge on any atom is 0.194 e. The van der Waals surface area contributed by atoms with Gasteiger partial charge in [0.25, 0.3) is 0 Å². The number of aromatic nitrogens is 3. The lowest BCUT2D eigenvalue weighted by atomic mass is 10.00. The molecule has 4 rings (SSSR count). The van der Waals surface area contributed by atoms with Gasteiger partial charge in [-0.3, -0.25) is 0 Å². The Balaban J connectivity index is 0.00000256. The molecule has 6 nitrogen and oxygen atoms in total. The first-order chi connectivity index (χ1) is 14.2. The van der Waals surface area contributed by atoms with Gasteiger partial charge < -0.3 is 14.8 Å². The monoisotopic (exact) mass is 534 g/mol. The summed E-state index contributed by atoms with van der Waals surface area (Å²) in [4.78, 5) is 8.48. The molecule has 0 spiro atoms. The number of nitrogens with one attached hydrogen (secondary N) is 1. The molecule has 0 saturated carbocycles. The molecule has 0 atom stereocenters. The summed E-state index contributed by atoms with van der Waals surface area (Å²) in [5, 5.41) is 14.0. The highest BCUT2D eigenvalue weighted by molar-refractivity contribution is 14.0. The number of hydrogen-bond acceptors (Lipinski definition) is 4. The summed E-state index contributed by atoms with van der Waals surface area (Å²) in [5.41, 5.74) is 2.72. The van der Waals surface area contributed by atoms with Gasteiger partial charge >= 0.3 is 0 Å². The van der Waals surface area contributed by atoms with Crippen LogP contribution < -0.4 is 5.32 Å². The van der Waals surface area contributed by atoms with Crippen LogP contribution in [-0.2, 0) is 20.1 Å². The predicted octanol–water partition coefficient (Wildman–Crippen LogP) is 4.24. The fourth-order valence-corrected chi connectivity index (χ4v) is 4.00. The number of halogens is 1. The summed E-state index contributed by atoms with van der Waals surface area (Å²) in [5.74, 6) is 2.69. The van der Waals surface area contributed by atoms with Crippen LogP contribution in [0.5, 0.6) is 0 Å². The fraction of sp³-hybridized carbons (Fsp3) is 0.318. The Morgan fingerprint density at radius 2 is 2.00 bits per heavy atom. The summed E-state index contributed by atoms with van der Waals surface area (Å²) in [6.45, 7) is 5.03. The Labute approximate surface area is 198 Å². The van der Waals surface area contributed by atoms with Gasteiger partial charge in [-0.25, -0.2) is 4.99 Å². The SMILES string of the molecule is Cc1nnc(CN=C(NCc2cccs2)N2CC=C(c3ccccc3)CC2)n1C.I. The molecule has 1 aliphatic rings. The molecule has 30 heavy (non-hydrogen) atoms. The van der Waals surface area contributed by atoms with E-state index in [-0.39, 0.29) is 24.0 Å². The molecule has 0 bridgehead atoms. The van der Waals surface area contributed by atoms with Crippen molar-refractivity contribution in [3.8, 4) is 0 Å². The quantitative estimate of drug-likeness (QED) is 0.302. The van der Waals surface area contributed by atoms with E-state index in [0.717, 1.165) is 43.7 Å². The first-order valence-electron chi connectivity index (χ1n) is 9.85. The van der Waals surface area contributed by atoms with Gasteiger partial charge in [-0.05, 0) is 35.9 Å². The van der Waals surface area contributed by atoms with Crippen LogP contribution in [0, 0.1) is 6.92 Å². The van der Waals surface area contributed by atoms with Gasteiger partial charge in [-0.1, -0.05) is 42.5 Å². The molecule has 0 saturated heterocycles. The Hall–Kier alpha value is -2.20. The summed E-state index contributed by atoms with van der Waals surface area (Å²) in [7, 11) is 1.98. The second-order valence-corrected chi connectivity index (χ2v) is 8.12. The summed E-state index contributed by atoms with van der Waals surface area (Å²) in [6.07, 6.45) is 3.32. The van der Waals surface area contributed by atoms with Crippen molar-refractivity contribution in [2.45, 2.75) is 26.4 Å². The lowest BCUT2D eigenvalue weighted by Crippen LogP contribution is -2.43. The maximum atomic E-state index is 4.87. The van der Waals surface area contributed by atoms with Gasteiger partial charge in [0.1, 0.15) is 12.4 Å². The van der Waals surface area contributed by atoms with Crippen LogP contribution in [0.1, 0.15) is 28.5 Å². The minimum atomic E-state index is 0. The third-order valence-corrected chi connectivity index (χ3v) is 6.08. The van der Waals surface area contributed by atoms with E-state index >= 15 is 0 Å². The van der Waals surface area contributed by atoms with Gasteiger partial charge in [0.2, 0.25) is 0 Å². The molecule has 0 aliphatic carbocycles. The average molecular weight is 534 g/mol.